The second-order valence-corrected chi connectivity index (χ2v) is 1.87. The van der Waals surface area contributed by atoms with Gasteiger partial charge in [-0.1, -0.05) is 0 Å². The maximum atomic E-state index is 10.6. The van der Waals surface area contributed by atoms with Gasteiger partial charge in [0.1, 0.15) is 0 Å². The molecule has 0 saturated carbocycles. The first-order chi connectivity index (χ1) is 5.11. The Labute approximate surface area is 61.3 Å². The van der Waals surface area contributed by atoms with Crippen molar-refractivity contribution in [2.24, 2.45) is 0 Å². The number of carbonyl (C=O) groups is 2. The van der Waals surface area contributed by atoms with Crippen molar-refractivity contribution in [3.05, 3.63) is 11.6 Å². The molecule has 0 aliphatic heterocycles. The Bertz CT molecular complexity index is 275. The Hall–Kier alpha value is -1.72. The normalized spacial score (nSPS) is 9.55. The first-order valence-electron chi connectivity index (χ1n) is 2.78. The Morgan fingerprint density at radius 3 is 2.45 bits per heavy atom. The highest BCUT2D eigenvalue weighted by Crippen LogP contribution is 1.92. The minimum Gasteiger partial charge on any atom is -0.475 e. The fraction of sp³-hybridized carbons (Fsp3) is 0.200. The smallest absolute Gasteiger partial charge is 0.375 e. The van der Waals surface area contributed by atoms with E-state index in [0.717, 1.165) is 0 Å². The predicted octanol–water partition coefficient (Wildman–Crippen LogP) is -0.295. The number of nitrogens with one attached hydrogen (secondary N) is 1. The van der Waals surface area contributed by atoms with Gasteiger partial charge in [0.2, 0.25) is 0 Å². The number of aromatic amines is 1. The monoisotopic (exact) mass is 155 g/mol. The van der Waals surface area contributed by atoms with Gasteiger partial charge in [0, 0.05) is 6.92 Å². The molecule has 0 radical (unpaired) electrons. The molecule has 58 valence electrons. The molecule has 1 rings (SSSR count). The summed E-state index contributed by atoms with van der Waals surface area (Å²) >= 11 is 0. The van der Waals surface area contributed by atoms with Crippen LogP contribution < -0.4 is 0 Å². The van der Waals surface area contributed by atoms with E-state index in [-0.39, 0.29) is 11.6 Å². The lowest BCUT2D eigenvalue weighted by molar-refractivity contribution is 0.0684. The fourth-order valence-corrected chi connectivity index (χ4v) is 0.515. The third-order valence-corrected chi connectivity index (χ3v) is 1.01. The second-order valence-electron chi connectivity index (χ2n) is 1.87. The van der Waals surface area contributed by atoms with Crippen molar-refractivity contribution in [2.45, 2.75) is 6.92 Å². The minimum absolute atomic E-state index is 0.0394. The van der Waals surface area contributed by atoms with Crippen LogP contribution in [-0.4, -0.2) is 32.0 Å². The summed E-state index contributed by atoms with van der Waals surface area (Å²) in [6.45, 7) is 1.27. The van der Waals surface area contributed by atoms with E-state index in [9.17, 15) is 9.59 Å². The van der Waals surface area contributed by atoms with E-state index < -0.39 is 11.8 Å². The number of rotatable bonds is 2. The molecule has 2 N–H and O–H groups in total. The number of carbonyl (C=O) groups excluding carboxylic acids is 1. The van der Waals surface area contributed by atoms with Gasteiger partial charge in [0.25, 0.3) is 5.82 Å². The summed E-state index contributed by atoms with van der Waals surface area (Å²) in [5.74, 6) is -2.03. The third kappa shape index (κ3) is 1.40. The molecule has 0 bridgehead atoms. The number of ketones is 1. The van der Waals surface area contributed by atoms with Crippen molar-refractivity contribution < 1.29 is 14.7 Å². The third-order valence-electron chi connectivity index (χ3n) is 1.01. The number of hydrogen-bond acceptors (Lipinski definition) is 4. The van der Waals surface area contributed by atoms with Crippen LogP contribution in [0.3, 0.4) is 0 Å². The highest BCUT2D eigenvalue weighted by Gasteiger charge is 2.11. The first kappa shape index (κ1) is 7.39. The van der Waals surface area contributed by atoms with Crippen LogP contribution in [0.5, 0.6) is 0 Å². The zero-order valence-electron chi connectivity index (χ0n) is 5.66. The molecule has 0 aliphatic rings. The lowest BCUT2D eigenvalue weighted by Gasteiger charge is -1.80. The van der Waals surface area contributed by atoms with E-state index in [1.54, 1.807) is 0 Å². The molecule has 0 aliphatic carbocycles. The summed E-state index contributed by atoms with van der Waals surface area (Å²) in [6, 6.07) is 0. The van der Waals surface area contributed by atoms with Crippen LogP contribution in [0.15, 0.2) is 0 Å². The van der Waals surface area contributed by atoms with Crippen LogP contribution in [0, 0.1) is 0 Å². The Balaban J connectivity index is 2.99. The molecular weight excluding hydrogens is 150 g/mol. The maximum Gasteiger partial charge on any atom is 0.375 e. The van der Waals surface area contributed by atoms with Crippen molar-refractivity contribution in [2.75, 3.05) is 0 Å². The van der Waals surface area contributed by atoms with Crippen LogP contribution in [0.4, 0.5) is 0 Å². The molecule has 0 unspecified atom stereocenters. The Morgan fingerprint density at radius 1 is 1.55 bits per heavy atom. The van der Waals surface area contributed by atoms with Gasteiger partial charge in [-0.25, -0.2) is 4.79 Å². The lowest BCUT2D eigenvalue weighted by atomic mass is 10.4. The van der Waals surface area contributed by atoms with Crippen LogP contribution in [-0.2, 0) is 0 Å². The predicted molar refractivity (Wildman–Crippen MR) is 33.3 cm³/mol. The van der Waals surface area contributed by atoms with E-state index in [1.165, 1.54) is 6.92 Å². The minimum atomic E-state index is -1.26. The molecule has 11 heavy (non-hydrogen) atoms. The van der Waals surface area contributed by atoms with Crippen LogP contribution >= 0.6 is 0 Å². The average molecular weight is 155 g/mol. The van der Waals surface area contributed by atoms with Gasteiger partial charge in [0.15, 0.2) is 11.6 Å². The molecule has 0 amide bonds. The molecule has 1 aromatic heterocycles. The van der Waals surface area contributed by atoms with Crippen LogP contribution in [0.2, 0.25) is 0 Å². The molecule has 0 atom stereocenters. The summed E-state index contributed by atoms with van der Waals surface area (Å²) in [6.07, 6.45) is 0. The van der Waals surface area contributed by atoms with E-state index in [1.807, 2.05) is 0 Å². The summed E-state index contributed by atoms with van der Waals surface area (Å²) in [5.41, 5.74) is 0. The van der Waals surface area contributed by atoms with E-state index in [2.05, 4.69) is 15.2 Å². The fourth-order valence-electron chi connectivity index (χ4n) is 0.515. The number of Topliss-reactive ketones (excluding diaryl/α,β-unsaturated/α-hetero) is 1. The van der Waals surface area contributed by atoms with E-state index in [0.29, 0.717) is 0 Å². The molecule has 1 aromatic rings. The van der Waals surface area contributed by atoms with Gasteiger partial charge in [-0.05, 0) is 0 Å². The highest BCUT2D eigenvalue weighted by molar-refractivity contribution is 5.91. The van der Waals surface area contributed by atoms with E-state index >= 15 is 0 Å². The van der Waals surface area contributed by atoms with Gasteiger partial charge < -0.3 is 5.11 Å². The molecular formula is C5H5N3O3. The van der Waals surface area contributed by atoms with Gasteiger partial charge in [-0.15, -0.1) is 5.10 Å². The SMILES string of the molecule is CC(=O)c1nc(C(=O)O)n[nH]1. The van der Waals surface area contributed by atoms with Crippen molar-refractivity contribution in [3.8, 4) is 0 Å². The molecule has 6 heteroatoms. The van der Waals surface area contributed by atoms with Gasteiger partial charge in [0.05, 0.1) is 0 Å². The number of hydrogen-bond donors (Lipinski definition) is 2. The van der Waals surface area contributed by atoms with Crippen LogP contribution in [0.25, 0.3) is 0 Å². The molecule has 6 nitrogen and oxygen atoms in total. The first-order valence-corrected chi connectivity index (χ1v) is 2.78. The topological polar surface area (TPSA) is 95.9 Å². The van der Waals surface area contributed by atoms with Gasteiger partial charge >= 0.3 is 5.97 Å². The quantitative estimate of drug-likeness (QED) is 0.572. The van der Waals surface area contributed by atoms with Gasteiger partial charge in [-0.2, -0.15) is 4.98 Å². The Morgan fingerprint density at radius 2 is 2.18 bits per heavy atom. The maximum absolute atomic E-state index is 10.6. The zero-order chi connectivity index (χ0) is 8.43. The summed E-state index contributed by atoms with van der Waals surface area (Å²) < 4.78 is 0. The van der Waals surface area contributed by atoms with E-state index in [4.69, 9.17) is 5.11 Å². The number of nitrogens with zero attached hydrogens (tertiary/aromatic N) is 2. The molecule has 0 fully saturated rings. The summed E-state index contributed by atoms with van der Waals surface area (Å²) in [7, 11) is 0. The standard InChI is InChI=1S/C5H5N3O3/c1-2(9)3-6-4(5(10)11)8-7-3/h1H3,(H,10,11)(H,6,7,8). The van der Waals surface area contributed by atoms with Crippen molar-refractivity contribution in [1.82, 2.24) is 15.2 Å². The number of carboxylic acids is 1. The van der Waals surface area contributed by atoms with Crippen molar-refractivity contribution in [1.29, 1.82) is 0 Å². The Kier molecular flexibility index (Phi) is 1.67. The number of aromatic carboxylic acids is 1. The van der Waals surface area contributed by atoms with Crippen molar-refractivity contribution in [3.63, 3.8) is 0 Å². The highest BCUT2D eigenvalue weighted by atomic mass is 16.4. The average Bonchev–Trinajstić information content (AvgIpc) is 2.33. The zero-order valence-corrected chi connectivity index (χ0v) is 5.66. The molecule has 0 aromatic carbocycles. The number of carboxylic acid groups (broad SMARTS) is 1. The number of aromatic nitrogens is 3. The van der Waals surface area contributed by atoms with Crippen molar-refractivity contribution >= 4 is 11.8 Å². The molecule has 0 saturated heterocycles. The molecule has 0 spiro atoms. The number of H-pyrrole nitrogens is 1. The lowest BCUT2D eigenvalue weighted by Crippen LogP contribution is -1.99. The summed E-state index contributed by atoms with van der Waals surface area (Å²) in [4.78, 5) is 24.1. The van der Waals surface area contributed by atoms with Gasteiger partial charge in [-0.3, -0.25) is 9.89 Å². The molecule has 1 heterocycles. The largest absolute Gasteiger partial charge is 0.475 e. The second kappa shape index (κ2) is 2.49. The summed E-state index contributed by atoms with van der Waals surface area (Å²) in [5, 5.41) is 13.8. The van der Waals surface area contributed by atoms with Crippen LogP contribution in [0.1, 0.15) is 28.2 Å².